The molecule has 2 aromatic rings. The van der Waals surface area contributed by atoms with Crippen LogP contribution in [0.3, 0.4) is 0 Å². The first-order valence-electron chi connectivity index (χ1n) is 42.6. The number of fused-ring (bicyclic) bond motifs is 1. The molecule has 43 heteroatoms. The Labute approximate surface area is 746 Å². The number of carbonyl (C=O) groups excluding carboxylic acids is 20. The Balaban J connectivity index is 1.66. The first-order chi connectivity index (χ1) is 58.7. The van der Waals surface area contributed by atoms with Gasteiger partial charge in [0.05, 0.1) is 25.8 Å². The highest BCUT2D eigenvalue weighted by Crippen LogP contribution is 2.25. The zero-order chi connectivity index (χ0) is 98.2. The van der Waals surface area contributed by atoms with Gasteiger partial charge in [0.2, 0.25) is 118 Å². The van der Waals surface area contributed by atoms with Gasteiger partial charge in [-0.2, -0.15) is 0 Å². The lowest BCUT2D eigenvalue weighted by atomic mass is 9.96. The minimum atomic E-state index is -1.91. The molecule has 1 aliphatic rings. The maximum atomic E-state index is 14.6. The van der Waals surface area contributed by atoms with Gasteiger partial charge in [-0.15, -0.1) is 0 Å². The number of carbonyl (C=O) groups is 20. The summed E-state index contributed by atoms with van der Waals surface area (Å²) in [5, 5.41) is 64.2. The Morgan fingerprint density at radius 1 is 0.438 bits per heavy atom. The molecule has 20 amide bonds. The van der Waals surface area contributed by atoms with E-state index in [2.05, 4.69) is 95.4 Å². The van der Waals surface area contributed by atoms with Crippen molar-refractivity contribution in [1.82, 2.24) is 100 Å². The number of amides is 20. The number of nitrogens with zero attached hydrogens (tertiary/aromatic N) is 1. The molecule has 0 radical (unpaired) electrons. The zero-order valence-corrected chi connectivity index (χ0v) is 78.2. The van der Waals surface area contributed by atoms with E-state index in [1.165, 1.54) is 130 Å². The van der Waals surface area contributed by atoms with Crippen LogP contribution in [-0.2, 0) is 102 Å². The van der Waals surface area contributed by atoms with E-state index in [1.54, 1.807) is 47.7 Å². The smallest absolute Gasteiger partial charge is 0.248 e. The minimum Gasteiger partial charge on any atom is -0.394 e. The monoisotopic (exact) mass is 1810 g/mol. The van der Waals surface area contributed by atoms with Crippen molar-refractivity contribution in [3.8, 4) is 0 Å². The van der Waals surface area contributed by atoms with Gasteiger partial charge in [0, 0.05) is 43.4 Å². The fourth-order valence-electron chi connectivity index (χ4n) is 13.3. The van der Waals surface area contributed by atoms with Crippen LogP contribution in [0.5, 0.6) is 0 Å². The summed E-state index contributed by atoms with van der Waals surface area (Å²) < 4.78 is 0. The van der Waals surface area contributed by atoms with E-state index in [-0.39, 0.29) is 56.9 Å². The molecule has 0 aliphatic carbocycles. The number of primary amides is 2. The molecular weight excluding hydrogens is 1670 g/mol. The molecule has 128 heavy (non-hydrogen) atoms. The molecule has 9 atom stereocenters. The van der Waals surface area contributed by atoms with Crippen LogP contribution in [0, 0.1) is 17.8 Å². The lowest BCUT2D eigenvalue weighted by molar-refractivity contribution is -0.145. The Bertz CT molecular complexity index is 4430. The minimum absolute atomic E-state index is 0.0250. The van der Waals surface area contributed by atoms with Gasteiger partial charge in [0.15, 0.2) is 0 Å². The predicted octanol–water partition coefficient (Wildman–Crippen LogP) is -3.84. The van der Waals surface area contributed by atoms with Crippen LogP contribution >= 0.6 is 0 Å². The van der Waals surface area contributed by atoms with Crippen LogP contribution in [0.2, 0.25) is 0 Å². The molecular formula is C85H139N21O22. The predicted molar refractivity (Wildman–Crippen MR) is 469 cm³/mol. The normalized spacial score (nSPS) is 15.3. The number of nitrogens with two attached hydrogens (primary N) is 2. The number of hydrogen-bond acceptors (Lipinski definition) is 22. The van der Waals surface area contributed by atoms with Crippen LogP contribution < -0.4 is 102 Å². The lowest BCUT2D eigenvalue weighted by Crippen LogP contribution is -2.66. The van der Waals surface area contributed by atoms with Crippen molar-refractivity contribution in [2.45, 2.75) is 323 Å². The van der Waals surface area contributed by atoms with E-state index in [9.17, 15) is 106 Å². The van der Waals surface area contributed by atoms with E-state index >= 15 is 0 Å². The van der Waals surface area contributed by atoms with Gasteiger partial charge in [-0.25, -0.2) is 0 Å². The van der Waals surface area contributed by atoms with Crippen LogP contribution in [0.4, 0.5) is 0 Å². The van der Waals surface area contributed by atoms with Gasteiger partial charge in [-0.1, -0.05) is 59.7 Å². The summed E-state index contributed by atoms with van der Waals surface area (Å²) in [6.07, 6.45) is 1.07. The van der Waals surface area contributed by atoms with Gasteiger partial charge in [-0.3, -0.25) is 95.9 Å². The second kappa shape index (κ2) is 46.2. The number of hydrogen-bond donors (Lipinski definition) is 22. The van der Waals surface area contributed by atoms with Gasteiger partial charge < -0.3 is 122 Å². The van der Waals surface area contributed by atoms with E-state index in [0.29, 0.717) is 6.42 Å². The largest absolute Gasteiger partial charge is 0.394 e. The zero-order valence-electron chi connectivity index (χ0n) is 78.2. The Kier molecular flexibility index (Phi) is 39.8. The molecule has 9 unspecified atom stereocenters. The first kappa shape index (κ1) is 110. The molecule has 1 aromatic heterocycles. The number of aromatic nitrogens is 1. The standard InChI is InChI=1S/C85H139N21O22/c1-43(2)36-54(66(117)102-85(23,24)77(128)106-35-27-30-57(106)68(119)93-55(37-44(3)4)67(118)101-84(21,22)76(127)105-81(15,16)72(123)94-52(31-33-58(86)110)63(114)91-49(41-107)38-48-39-88-51-29-26-25-28-50(48)51)92-60(112)40-89-70(121)78(9,10)103-69(120)61(45(5)6)97-74(125)80(13,14)100-65(116)53(32-34-59(87)111)95-73(124)82(17,18)104-75(126)83(19,20)99-62(113)46(7)90-64(115)56(42-108)96-71(122)79(11,12)98-47(8)109/h25-26,28-29,39,43-46,49,52-57,61,88,107-108H,27,30-38,40-42H2,1-24H3,(H2,86,110)(H2,87,111)(H,89,121)(H,90,115)(H,91,114)(H,92,112)(H,93,119)(H,94,123)(H,95,124)(H,96,122)(H,97,125)(H,98,109)(H,99,113)(H,100,116)(H,101,118)(H,102,117)(H,103,120)(H,104,126)(H,105,127). The summed E-state index contributed by atoms with van der Waals surface area (Å²) in [6, 6.07) is -4.44. The highest BCUT2D eigenvalue weighted by atomic mass is 16.3. The summed E-state index contributed by atoms with van der Waals surface area (Å²) >= 11 is 0. The molecule has 24 N–H and O–H groups in total. The van der Waals surface area contributed by atoms with Gasteiger partial charge >= 0.3 is 0 Å². The van der Waals surface area contributed by atoms with Crippen LogP contribution in [-0.4, -0.2) is 263 Å². The van der Waals surface area contributed by atoms with Crippen molar-refractivity contribution in [2.75, 3.05) is 26.3 Å². The van der Waals surface area contributed by atoms with Crippen molar-refractivity contribution in [2.24, 2.45) is 29.2 Å². The van der Waals surface area contributed by atoms with Crippen LogP contribution in [0.25, 0.3) is 10.9 Å². The fourth-order valence-corrected chi connectivity index (χ4v) is 13.3. The number of H-pyrrole nitrogens is 1. The third-order valence-corrected chi connectivity index (χ3v) is 21.1. The number of aliphatic hydroxyl groups is 2. The third-order valence-electron chi connectivity index (χ3n) is 21.1. The van der Waals surface area contributed by atoms with Crippen molar-refractivity contribution < 1.29 is 106 Å². The van der Waals surface area contributed by atoms with Crippen LogP contribution in [0.15, 0.2) is 30.5 Å². The molecule has 3 rings (SSSR count). The molecule has 1 saturated heterocycles. The number of para-hydroxylation sites is 1. The average molecular weight is 1810 g/mol. The average Bonchev–Trinajstić information content (AvgIpc) is 0.870. The number of likely N-dealkylation sites (tertiary alicyclic amines) is 1. The maximum absolute atomic E-state index is 14.6. The number of nitrogens with one attached hydrogen (secondary N) is 18. The number of aliphatic hydroxyl groups excluding tert-OH is 2. The number of rotatable bonds is 49. The summed E-state index contributed by atoms with van der Waals surface area (Å²) in [5.74, 6) is -18.2. The van der Waals surface area contributed by atoms with Gasteiger partial charge in [0.1, 0.15) is 92.6 Å². The maximum Gasteiger partial charge on any atom is 0.248 e. The Morgan fingerprint density at radius 2 is 0.844 bits per heavy atom. The Hall–Kier alpha value is -11.9. The summed E-state index contributed by atoms with van der Waals surface area (Å²) in [4.78, 5) is 276. The quantitative estimate of drug-likeness (QED) is 0.0302. The molecule has 716 valence electrons. The summed E-state index contributed by atoms with van der Waals surface area (Å²) in [6.45, 7) is 31.7. The molecule has 2 heterocycles. The van der Waals surface area contributed by atoms with Crippen LogP contribution in [0.1, 0.15) is 223 Å². The molecule has 43 nitrogen and oxygen atoms in total. The Morgan fingerprint density at radius 3 is 1.31 bits per heavy atom. The van der Waals surface area contributed by atoms with Crippen molar-refractivity contribution in [1.29, 1.82) is 0 Å². The third kappa shape index (κ3) is 33.4. The second-order valence-corrected chi connectivity index (χ2v) is 38.0. The molecule has 1 fully saturated rings. The topological polar surface area (TPSA) is 657 Å². The van der Waals surface area contributed by atoms with E-state index in [1.807, 2.05) is 24.3 Å². The van der Waals surface area contributed by atoms with E-state index < -0.39 is 255 Å². The molecule has 0 saturated carbocycles. The van der Waals surface area contributed by atoms with Gasteiger partial charge in [0.25, 0.3) is 0 Å². The molecule has 1 aromatic carbocycles. The molecule has 0 bridgehead atoms. The first-order valence-corrected chi connectivity index (χ1v) is 42.6. The second-order valence-electron chi connectivity index (χ2n) is 38.0. The van der Waals surface area contributed by atoms with E-state index in [0.717, 1.165) is 16.5 Å². The van der Waals surface area contributed by atoms with Gasteiger partial charge in [-0.05, 0) is 192 Å². The molecule has 0 spiro atoms. The van der Waals surface area contributed by atoms with Crippen molar-refractivity contribution >= 4 is 129 Å². The highest BCUT2D eigenvalue weighted by Gasteiger charge is 2.47. The van der Waals surface area contributed by atoms with E-state index in [4.69, 9.17) is 11.5 Å². The SMILES string of the molecule is CC(=O)NC(C)(C)C(=O)NC(CO)C(=O)NC(C)C(=O)NC(C)(C)C(=O)NC(C)(C)C(=O)NC(CCC(N)=O)C(=O)NC(C)(C)C(=O)NC(C(=O)NC(C)(C)C(=O)NCC(=O)NC(CC(C)C)C(=O)NC(C)(C)C(=O)N1CCCC1C(=O)NC(CC(C)C)C(=O)NC(C)(C)C(=O)NC(C)(C)C(=O)NC(CCC(N)=O)C(=O)NC(CO)Cc1c[nH]c2ccccc12)C(C)C. The van der Waals surface area contributed by atoms with Crippen molar-refractivity contribution in [3.63, 3.8) is 0 Å². The summed E-state index contributed by atoms with van der Waals surface area (Å²) in [7, 11) is 0. The summed E-state index contributed by atoms with van der Waals surface area (Å²) in [5.41, 5.74) is -1.71. The number of benzene rings is 1. The highest BCUT2D eigenvalue weighted by molar-refractivity contribution is 6.04. The lowest BCUT2D eigenvalue weighted by Gasteiger charge is -2.35. The number of aromatic amines is 1. The van der Waals surface area contributed by atoms with Crippen molar-refractivity contribution in [3.05, 3.63) is 36.0 Å². The molecule has 1 aliphatic heterocycles. The fraction of sp³-hybridized carbons (Fsp3) is 0.671.